The third kappa shape index (κ3) is 2.70. The average molecular weight is 312 g/mol. The van der Waals surface area contributed by atoms with Gasteiger partial charge >= 0.3 is 0 Å². The summed E-state index contributed by atoms with van der Waals surface area (Å²) in [6.45, 7) is 1.27. The lowest BCUT2D eigenvalue weighted by molar-refractivity contribution is -0.116. The van der Waals surface area contributed by atoms with Gasteiger partial charge in [-0.15, -0.1) is 0 Å². The summed E-state index contributed by atoms with van der Waals surface area (Å²) in [5.41, 5.74) is 1.27. The number of carbonyl (C=O) groups is 3. The van der Waals surface area contributed by atoms with Crippen molar-refractivity contribution in [3.8, 4) is 0 Å². The fraction of sp³-hybridized carbons (Fsp3) is 0.118. The normalized spacial score (nSPS) is 13.2. The Morgan fingerprint density at radius 1 is 1.09 bits per heavy atom. The lowest BCUT2D eigenvalue weighted by Crippen LogP contribution is -2.37. The molecule has 1 N–H and O–H groups in total. The molecule has 0 saturated carbocycles. The largest absolute Gasteiger partial charge is 0.322 e. The van der Waals surface area contributed by atoms with Gasteiger partial charge in [0, 0.05) is 0 Å². The van der Waals surface area contributed by atoms with Gasteiger partial charge in [-0.25, -0.2) is 4.39 Å². The van der Waals surface area contributed by atoms with E-state index >= 15 is 0 Å². The number of anilines is 1. The number of aryl methyl sites for hydroxylation is 1. The maximum absolute atomic E-state index is 13.7. The van der Waals surface area contributed by atoms with Crippen LogP contribution in [0, 0.1) is 12.7 Å². The first kappa shape index (κ1) is 14.9. The van der Waals surface area contributed by atoms with Crippen molar-refractivity contribution in [3.63, 3.8) is 0 Å². The summed E-state index contributed by atoms with van der Waals surface area (Å²) in [4.78, 5) is 37.2. The number of amides is 3. The Morgan fingerprint density at radius 2 is 1.70 bits per heavy atom. The number of halogens is 1. The van der Waals surface area contributed by atoms with Gasteiger partial charge in [0.15, 0.2) is 0 Å². The molecule has 1 aliphatic rings. The predicted molar refractivity (Wildman–Crippen MR) is 81.6 cm³/mol. The van der Waals surface area contributed by atoms with Crippen molar-refractivity contribution in [2.45, 2.75) is 6.92 Å². The molecule has 6 heteroatoms. The molecule has 23 heavy (non-hydrogen) atoms. The molecule has 0 saturated heterocycles. The van der Waals surface area contributed by atoms with Gasteiger partial charge in [-0.2, -0.15) is 0 Å². The van der Waals surface area contributed by atoms with E-state index < -0.39 is 30.1 Å². The Bertz CT molecular complexity index is 797. The van der Waals surface area contributed by atoms with Crippen LogP contribution in [0.5, 0.6) is 0 Å². The van der Waals surface area contributed by atoms with Crippen LogP contribution >= 0.6 is 0 Å². The highest BCUT2D eigenvalue weighted by Gasteiger charge is 2.36. The molecular weight excluding hydrogens is 299 g/mol. The van der Waals surface area contributed by atoms with Crippen molar-refractivity contribution in [2.75, 3.05) is 11.9 Å². The highest BCUT2D eigenvalue weighted by atomic mass is 19.1. The first-order chi connectivity index (χ1) is 11.0. The Hall–Kier alpha value is -3.02. The van der Waals surface area contributed by atoms with E-state index in [1.807, 2.05) is 0 Å². The molecule has 0 aliphatic carbocycles. The molecule has 0 spiro atoms. The number of benzene rings is 2. The highest BCUT2D eigenvalue weighted by Crippen LogP contribution is 2.22. The van der Waals surface area contributed by atoms with Crippen molar-refractivity contribution in [1.82, 2.24) is 4.90 Å². The van der Waals surface area contributed by atoms with Crippen molar-refractivity contribution in [3.05, 3.63) is 65.0 Å². The van der Waals surface area contributed by atoms with Crippen LogP contribution in [0.15, 0.2) is 42.5 Å². The minimum absolute atomic E-state index is 0.0113. The fourth-order valence-corrected chi connectivity index (χ4v) is 2.44. The smallest absolute Gasteiger partial charge is 0.262 e. The van der Waals surface area contributed by atoms with Crippen LogP contribution in [0.4, 0.5) is 10.1 Å². The average Bonchev–Trinajstić information content (AvgIpc) is 2.76. The van der Waals surface area contributed by atoms with E-state index in [4.69, 9.17) is 0 Å². The Kier molecular flexibility index (Phi) is 3.65. The third-order valence-corrected chi connectivity index (χ3v) is 3.58. The number of rotatable bonds is 3. The summed E-state index contributed by atoms with van der Waals surface area (Å²) in [5.74, 6) is -2.25. The number of imide groups is 1. The zero-order valence-corrected chi connectivity index (χ0v) is 12.3. The van der Waals surface area contributed by atoms with Crippen LogP contribution in [0.1, 0.15) is 26.3 Å². The second kappa shape index (κ2) is 5.64. The van der Waals surface area contributed by atoms with E-state index in [0.717, 1.165) is 10.5 Å². The summed E-state index contributed by atoms with van der Waals surface area (Å²) in [7, 11) is 0. The lowest BCUT2D eigenvalue weighted by atomic mass is 10.1. The monoisotopic (exact) mass is 312 g/mol. The standard InChI is InChI=1S/C17H13FN2O3/c1-10-6-7-14(13(18)8-10)19-15(21)9-20-16(22)11-4-2-3-5-12(11)17(20)23/h2-8H,9H2,1H3,(H,19,21). The van der Waals surface area contributed by atoms with E-state index in [2.05, 4.69) is 5.32 Å². The Balaban J connectivity index is 1.74. The Morgan fingerprint density at radius 3 is 2.26 bits per heavy atom. The molecule has 0 unspecified atom stereocenters. The molecule has 1 heterocycles. The Labute approximate surface area is 131 Å². The van der Waals surface area contributed by atoms with Gasteiger partial charge in [0.2, 0.25) is 5.91 Å². The number of nitrogens with zero attached hydrogens (tertiary/aromatic N) is 1. The molecule has 2 aromatic rings. The van der Waals surface area contributed by atoms with E-state index in [9.17, 15) is 18.8 Å². The molecule has 0 atom stereocenters. The first-order valence-corrected chi connectivity index (χ1v) is 6.98. The summed E-state index contributed by atoms with van der Waals surface area (Å²) < 4.78 is 13.7. The maximum atomic E-state index is 13.7. The van der Waals surface area contributed by atoms with Crippen LogP contribution in [-0.2, 0) is 4.79 Å². The van der Waals surface area contributed by atoms with Gasteiger partial charge < -0.3 is 5.32 Å². The number of nitrogens with one attached hydrogen (secondary N) is 1. The molecule has 116 valence electrons. The molecule has 0 aromatic heterocycles. The summed E-state index contributed by atoms with van der Waals surface area (Å²) in [6, 6.07) is 10.7. The van der Waals surface area contributed by atoms with Crippen LogP contribution in [0.2, 0.25) is 0 Å². The second-order valence-electron chi connectivity index (χ2n) is 5.27. The van der Waals surface area contributed by atoms with Crippen LogP contribution < -0.4 is 5.32 Å². The third-order valence-electron chi connectivity index (χ3n) is 3.58. The van der Waals surface area contributed by atoms with Crippen LogP contribution in [0.3, 0.4) is 0 Å². The quantitative estimate of drug-likeness (QED) is 0.885. The van der Waals surface area contributed by atoms with Crippen molar-refractivity contribution in [1.29, 1.82) is 0 Å². The minimum Gasteiger partial charge on any atom is -0.322 e. The van der Waals surface area contributed by atoms with Gasteiger partial charge in [-0.05, 0) is 36.8 Å². The number of hydrogen-bond donors (Lipinski definition) is 1. The topological polar surface area (TPSA) is 66.5 Å². The SMILES string of the molecule is Cc1ccc(NC(=O)CN2C(=O)c3ccccc3C2=O)c(F)c1. The number of fused-ring (bicyclic) bond motifs is 1. The molecule has 0 bridgehead atoms. The molecule has 2 aromatic carbocycles. The fourth-order valence-electron chi connectivity index (χ4n) is 2.44. The molecule has 0 radical (unpaired) electrons. The van der Waals surface area contributed by atoms with Gasteiger partial charge in [-0.3, -0.25) is 19.3 Å². The van der Waals surface area contributed by atoms with Gasteiger partial charge in [0.25, 0.3) is 11.8 Å². The van der Waals surface area contributed by atoms with E-state index in [1.54, 1.807) is 25.1 Å². The maximum Gasteiger partial charge on any atom is 0.262 e. The number of hydrogen-bond acceptors (Lipinski definition) is 3. The van der Waals surface area contributed by atoms with Crippen LogP contribution in [-0.4, -0.2) is 29.2 Å². The second-order valence-corrected chi connectivity index (χ2v) is 5.27. The van der Waals surface area contributed by atoms with E-state index in [-0.39, 0.29) is 16.8 Å². The highest BCUT2D eigenvalue weighted by molar-refractivity contribution is 6.22. The first-order valence-electron chi connectivity index (χ1n) is 6.98. The molecule has 5 nitrogen and oxygen atoms in total. The molecule has 1 aliphatic heterocycles. The summed E-state index contributed by atoms with van der Waals surface area (Å²) in [6.07, 6.45) is 0. The zero-order valence-electron chi connectivity index (χ0n) is 12.3. The lowest BCUT2D eigenvalue weighted by Gasteiger charge is -2.14. The summed E-state index contributed by atoms with van der Waals surface area (Å²) in [5, 5.41) is 2.37. The molecule has 3 amide bonds. The van der Waals surface area contributed by atoms with Gasteiger partial charge in [0.1, 0.15) is 12.4 Å². The molecular formula is C17H13FN2O3. The molecule has 0 fully saturated rings. The van der Waals surface area contributed by atoms with E-state index in [1.165, 1.54) is 24.3 Å². The number of carbonyl (C=O) groups excluding carboxylic acids is 3. The van der Waals surface area contributed by atoms with Gasteiger partial charge in [0.05, 0.1) is 16.8 Å². The van der Waals surface area contributed by atoms with E-state index in [0.29, 0.717) is 0 Å². The zero-order chi connectivity index (χ0) is 16.6. The van der Waals surface area contributed by atoms with Crippen LogP contribution in [0.25, 0.3) is 0 Å². The molecule has 3 rings (SSSR count). The van der Waals surface area contributed by atoms with Crippen molar-refractivity contribution >= 4 is 23.4 Å². The van der Waals surface area contributed by atoms with Crippen molar-refractivity contribution in [2.24, 2.45) is 0 Å². The predicted octanol–water partition coefficient (Wildman–Crippen LogP) is 2.37. The van der Waals surface area contributed by atoms with Gasteiger partial charge in [-0.1, -0.05) is 18.2 Å². The minimum atomic E-state index is -0.637. The van der Waals surface area contributed by atoms with Crippen molar-refractivity contribution < 1.29 is 18.8 Å². The summed E-state index contributed by atoms with van der Waals surface area (Å²) >= 11 is 0.